The number of halogens is 3. The smallest absolute Gasteiger partial charge is 0.383 e. The number of nitrogens with one attached hydrogen (secondary N) is 1. The average Bonchev–Trinajstić information content (AvgIpc) is 2.40. The Kier molecular flexibility index (Phi) is 6.48. The molecule has 1 N–H and O–H groups in total. The fourth-order valence-electron chi connectivity index (χ4n) is 2.43. The number of anilines is 1. The van der Waals surface area contributed by atoms with E-state index in [1.807, 2.05) is 13.8 Å². The molecule has 6 heteroatoms. The van der Waals surface area contributed by atoms with Crippen LogP contribution in [0.15, 0.2) is 18.2 Å². The zero-order chi connectivity index (χ0) is 16.0. The molecule has 1 rings (SSSR count). The number of alkyl halides is 3. The minimum absolute atomic E-state index is 0.128. The molecule has 1 aromatic carbocycles. The van der Waals surface area contributed by atoms with E-state index in [9.17, 15) is 13.2 Å². The summed E-state index contributed by atoms with van der Waals surface area (Å²) in [5.41, 5.74) is 0.221. The van der Waals surface area contributed by atoms with Gasteiger partial charge in [-0.15, -0.1) is 0 Å². The van der Waals surface area contributed by atoms with Crippen molar-refractivity contribution in [3.8, 4) is 0 Å². The lowest BCUT2D eigenvalue weighted by Crippen LogP contribution is -2.37. The van der Waals surface area contributed by atoms with Crippen LogP contribution >= 0.6 is 0 Å². The molecule has 0 radical (unpaired) electrons. The van der Waals surface area contributed by atoms with E-state index in [1.54, 1.807) is 31.2 Å². The average molecular weight is 304 g/mol. The Morgan fingerprint density at radius 2 is 2.00 bits per heavy atom. The molecule has 120 valence electrons. The summed E-state index contributed by atoms with van der Waals surface area (Å²) in [5, 5.41) is 2.87. The zero-order valence-electron chi connectivity index (χ0n) is 12.9. The SMILES string of the molecule is CCN(c1ccc(CNC)cc1C(F)(F)F)C(C)COC. The van der Waals surface area contributed by atoms with Crippen LogP contribution in [0.2, 0.25) is 0 Å². The highest BCUT2D eigenvalue weighted by Crippen LogP contribution is 2.38. The van der Waals surface area contributed by atoms with Gasteiger partial charge in [-0.3, -0.25) is 0 Å². The predicted octanol–water partition coefficient (Wildman–Crippen LogP) is 3.29. The van der Waals surface area contributed by atoms with Gasteiger partial charge in [0.1, 0.15) is 0 Å². The molecule has 0 fully saturated rings. The normalized spacial score (nSPS) is 13.3. The molecule has 3 nitrogen and oxygen atoms in total. The Hall–Kier alpha value is -1.27. The monoisotopic (exact) mass is 304 g/mol. The van der Waals surface area contributed by atoms with Gasteiger partial charge >= 0.3 is 6.18 Å². The number of methoxy groups -OCH3 is 1. The summed E-state index contributed by atoms with van der Waals surface area (Å²) in [5.74, 6) is 0. The molecular formula is C15H23F3N2O. The van der Waals surface area contributed by atoms with Crippen LogP contribution in [-0.4, -0.2) is 33.4 Å². The van der Waals surface area contributed by atoms with Crippen LogP contribution in [0.1, 0.15) is 25.0 Å². The van der Waals surface area contributed by atoms with Crippen LogP contribution in [0.4, 0.5) is 18.9 Å². The Balaban J connectivity index is 3.26. The molecule has 0 aromatic heterocycles. The molecule has 0 aliphatic rings. The van der Waals surface area contributed by atoms with Crippen molar-refractivity contribution in [2.75, 3.05) is 32.2 Å². The van der Waals surface area contributed by atoms with Crippen LogP contribution in [0.3, 0.4) is 0 Å². The Bertz CT molecular complexity index is 449. The fraction of sp³-hybridized carbons (Fsp3) is 0.600. The molecule has 0 heterocycles. The van der Waals surface area contributed by atoms with Crippen molar-refractivity contribution in [1.82, 2.24) is 5.32 Å². The van der Waals surface area contributed by atoms with Crippen molar-refractivity contribution >= 4 is 5.69 Å². The number of likely N-dealkylation sites (N-methyl/N-ethyl adjacent to an activating group) is 1. The first-order chi connectivity index (χ1) is 9.85. The van der Waals surface area contributed by atoms with Gasteiger partial charge in [0.15, 0.2) is 0 Å². The molecule has 0 amide bonds. The van der Waals surface area contributed by atoms with Crippen molar-refractivity contribution < 1.29 is 17.9 Å². The lowest BCUT2D eigenvalue weighted by Gasteiger charge is -2.32. The van der Waals surface area contributed by atoms with Gasteiger partial charge in [-0.25, -0.2) is 0 Å². The third kappa shape index (κ3) is 4.61. The van der Waals surface area contributed by atoms with Crippen molar-refractivity contribution in [3.63, 3.8) is 0 Å². The molecular weight excluding hydrogens is 281 g/mol. The second-order valence-corrected chi connectivity index (χ2v) is 4.97. The van der Waals surface area contributed by atoms with E-state index in [-0.39, 0.29) is 11.7 Å². The Morgan fingerprint density at radius 1 is 1.33 bits per heavy atom. The van der Waals surface area contributed by atoms with E-state index < -0.39 is 11.7 Å². The van der Waals surface area contributed by atoms with E-state index >= 15 is 0 Å². The van der Waals surface area contributed by atoms with Crippen LogP contribution in [0.5, 0.6) is 0 Å². The van der Waals surface area contributed by atoms with Gasteiger partial charge in [0.05, 0.1) is 12.2 Å². The molecule has 0 saturated heterocycles. The van der Waals surface area contributed by atoms with E-state index in [0.717, 1.165) is 0 Å². The maximum atomic E-state index is 13.3. The topological polar surface area (TPSA) is 24.5 Å². The van der Waals surface area contributed by atoms with Crippen molar-refractivity contribution in [2.24, 2.45) is 0 Å². The highest BCUT2D eigenvalue weighted by Gasteiger charge is 2.35. The Labute approximate surface area is 124 Å². The third-order valence-corrected chi connectivity index (χ3v) is 3.34. The summed E-state index contributed by atoms with van der Waals surface area (Å²) in [4.78, 5) is 1.72. The van der Waals surface area contributed by atoms with Crippen LogP contribution in [0, 0.1) is 0 Å². The van der Waals surface area contributed by atoms with Crippen molar-refractivity contribution in [2.45, 2.75) is 32.6 Å². The molecule has 0 spiro atoms. The molecule has 0 saturated carbocycles. The van der Waals surface area contributed by atoms with Gasteiger partial charge in [0.25, 0.3) is 0 Å². The number of ether oxygens (including phenoxy) is 1. The first-order valence-electron chi connectivity index (χ1n) is 6.95. The van der Waals surface area contributed by atoms with Gasteiger partial charge in [-0.05, 0) is 38.6 Å². The van der Waals surface area contributed by atoms with Crippen molar-refractivity contribution in [3.05, 3.63) is 29.3 Å². The third-order valence-electron chi connectivity index (χ3n) is 3.34. The molecule has 0 aliphatic carbocycles. The van der Waals surface area contributed by atoms with Gasteiger partial charge in [0.2, 0.25) is 0 Å². The van der Waals surface area contributed by atoms with Crippen LogP contribution in [-0.2, 0) is 17.5 Å². The maximum absolute atomic E-state index is 13.3. The number of rotatable bonds is 7. The summed E-state index contributed by atoms with van der Waals surface area (Å²) in [6.07, 6.45) is -4.38. The summed E-state index contributed by atoms with van der Waals surface area (Å²) in [6.45, 7) is 4.97. The lowest BCUT2D eigenvalue weighted by atomic mass is 10.1. The summed E-state index contributed by atoms with van der Waals surface area (Å²) >= 11 is 0. The van der Waals surface area contributed by atoms with E-state index in [2.05, 4.69) is 5.32 Å². The predicted molar refractivity (Wildman–Crippen MR) is 78.6 cm³/mol. The number of nitrogens with zero attached hydrogens (tertiary/aromatic N) is 1. The van der Waals surface area contributed by atoms with Gasteiger partial charge in [-0.2, -0.15) is 13.2 Å². The van der Waals surface area contributed by atoms with Gasteiger partial charge < -0.3 is 15.0 Å². The molecule has 21 heavy (non-hydrogen) atoms. The maximum Gasteiger partial charge on any atom is 0.418 e. The number of benzene rings is 1. The van der Waals surface area contributed by atoms with Gasteiger partial charge in [0, 0.05) is 31.9 Å². The number of hydrogen-bond donors (Lipinski definition) is 1. The second kappa shape index (κ2) is 7.66. The number of hydrogen-bond acceptors (Lipinski definition) is 3. The summed E-state index contributed by atoms with van der Waals surface area (Å²) in [6, 6.07) is 4.36. The first kappa shape index (κ1) is 17.8. The minimum atomic E-state index is -4.38. The van der Waals surface area contributed by atoms with Gasteiger partial charge in [-0.1, -0.05) is 6.07 Å². The summed E-state index contributed by atoms with van der Waals surface area (Å²) < 4.78 is 45.1. The highest BCUT2D eigenvalue weighted by molar-refractivity contribution is 5.57. The lowest BCUT2D eigenvalue weighted by molar-refractivity contribution is -0.137. The summed E-state index contributed by atoms with van der Waals surface area (Å²) in [7, 11) is 3.26. The van der Waals surface area contributed by atoms with E-state index in [0.29, 0.717) is 25.3 Å². The Morgan fingerprint density at radius 3 is 2.48 bits per heavy atom. The largest absolute Gasteiger partial charge is 0.418 e. The van der Waals surface area contributed by atoms with Crippen LogP contribution in [0.25, 0.3) is 0 Å². The van der Waals surface area contributed by atoms with Crippen molar-refractivity contribution in [1.29, 1.82) is 0 Å². The van der Waals surface area contributed by atoms with E-state index in [4.69, 9.17) is 4.74 Å². The minimum Gasteiger partial charge on any atom is -0.383 e. The molecule has 1 atom stereocenters. The fourth-order valence-corrected chi connectivity index (χ4v) is 2.43. The first-order valence-corrected chi connectivity index (χ1v) is 6.95. The standard InChI is InChI=1S/C15H23F3N2O/c1-5-20(11(2)10-21-4)14-7-6-12(9-19-3)8-13(14)15(16,17)18/h6-8,11,19H,5,9-10H2,1-4H3. The molecule has 0 bridgehead atoms. The van der Waals surface area contributed by atoms with E-state index in [1.165, 1.54) is 6.07 Å². The molecule has 1 unspecified atom stereocenters. The highest BCUT2D eigenvalue weighted by atomic mass is 19.4. The molecule has 0 aliphatic heterocycles. The quantitative estimate of drug-likeness (QED) is 0.836. The molecule has 1 aromatic rings. The van der Waals surface area contributed by atoms with Crippen LogP contribution < -0.4 is 10.2 Å². The second-order valence-electron chi connectivity index (χ2n) is 4.97. The zero-order valence-corrected chi connectivity index (χ0v) is 12.9.